The number of nitrogens with one attached hydrogen (secondary N) is 1. The maximum atomic E-state index is 12.4. The minimum absolute atomic E-state index is 0.0681. The van der Waals surface area contributed by atoms with Gasteiger partial charge in [0.15, 0.2) is 0 Å². The molecule has 146 valence electrons. The molecular weight excluding hydrogens is 412 g/mol. The zero-order valence-corrected chi connectivity index (χ0v) is 16.8. The second-order valence-electron chi connectivity index (χ2n) is 6.51. The Balaban J connectivity index is 1.50. The number of benzene rings is 2. The van der Waals surface area contributed by atoms with Crippen LogP contribution in [-0.4, -0.2) is 22.1 Å². The number of anilines is 1. The Labute approximate surface area is 175 Å². The standard InChI is InChI=1S/C21H15ClN2O4S/c1-11-14(22)6-4-7-15(11)23-18(25)10-17-19(26)24-20(29-17)13-9-12-5-2-3-8-16(12)28-21(13)27/h2-9,17H,10H2,1H3,(H,23,25). The van der Waals surface area contributed by atoms with Crippen LogP contribution >= 0.6 is 23.4 Å². The first kappa shape index (κ1) is 19.4. The number of carbonyl (C=O) groups excluding carboxylic acids is 2. The van der Waals surface area contributed by atoms with Crippen LogP contribution in [0.15, 0.2) is 62.7 Å². The summed E-state index contributed by atoms with van der Waals surface area (Å²) in [5.74, 6) is -0.779. The van der Waals surface area contributed by atoms with E-state index in [9.17, 15) is 14.4 Å². The van der Waals surface area contributed by atoms with Crippen LogP contribution in [0.2, 0.25) is 5.02 Å². The summed E-state index contributed by atoms with van der Waals surface area (Å²) in [6.07, 6.45) is -0.0681. The number of hydrogen-bond donors (Lipinski definition) is 1. The summed E-state index contributed by atoms with van der Waals surface area (Å²) < 4.78 is 5.31. The fourth-order valence-corrected chi connectivity index (χ4v) is 4.20. The fourth-order valence-electron chi connectivity index (χ4n) is 2.96. The molecule has 2 aromatic carbocycles. The van der Waals surface area contributed by atoms with Gasteiger partial charge in [0, 0.05) is 22.5 Å². The molecule has 1 atom stereocenters. The van der Waals surface area contributed by atoms with Gasteiger partial charge in [-0.1, -0.05) is 47.6 Å². The lowest BCUT2D eigenvalue weighted by Gasteiger charge is -2.11. The van der Waals surface area contributed by atoms with Crippen LogP contribution in [0.5, 0.6) is 0 Å². The van der Waals surface area contributed by atoms with Gasteiger partial charge in [-0.05, 0) is 36.8 Å². The van der Waals surface area contributed by atoms with Gasteiger partial charge >= 0.3 is 5.63 Å². The first-order valence-electron chi connectivity index (χ1n) is 8.80. The maximum absolute atomic E-state index is 12.4. The van der Waals surface area contributed by atoms with Crippen molar-refractivity contribution in [2.24, 2.45) is 4.99 Å². The molecule has 1 aromatic heterocycles. The molecule has 4 rings (SSSR count). The minimum Gasteiger partial charge on any atom is -0.422 e. The second kappa shape index (κ2) is 7.85. The lowest BCUT2D eigenvalue weighted by atomic mass is 10.2. The van der Waals surface area contributed by atoms with Crippen LogP contribution < -0.4 is 10.9 Å². The molecule has 6 nitrogen and oxygen atoms in total. The maximum Gasteiger partial charge on any atom is 0.346 e. The number of para-hydroxylation sites is 1. The molecule has 1 N–H and O–H groups in total. The topological polar surface area (TPSA) is 88.7 Å². The third-order valence-electron chi connectivity index (χ3n) is 4.53. The number of nitrogens with zero attached hydrogens (tertiary/aromatic N) is 1. The molecule has 0 bridgehead atoms. The molecule has 0 radical (unpaired) electrons. The van der Waals surface area contributed by atoms with E-state index in [-0.39, 0.29) is 22.9 Å². The number of halogens is 1. The molecule has 29 heavy (non-hydrogen) atoms. The van der Waals surface area contributed by atoms with Crippen molar-refractivity contribution < 1.29 is 14.0 Å². The molecule has 0 spiro atoms. The molecule has 8 heteroatoms. The summed E-state index contributed by atoms with van der Waals surface area (Å²) in [6.45, 7) is 1.80. The van der Waals surface area contributed by atoms with E-state index in [1.165, 1.54) is 0 Å². The Morgan fingerprint density at radius 3 is 2.83 bits per heavy atom. The van der Waals surface area contributed by atoms with E-state index in [2.05, 4.69) is 10.3 Å². The highest BCUT2D eigenvalue weighted by Crippen LogP contribution is 2.30. The normalized spacial score (nSPS) is 16.1. The summed E-state index contributed by atoms with van der Waals surface area (Å²) in [7, 11) is 0. The molecule has 2 heterocycles. The van der Waals surface area contributed by atoms with Crippen LogP contribution in [-0.2, 0) is 9.59 Å². The van der Waals surface area contributed by atoms with Crippen LogP contribution in [0, 0.1) is 6.92 Å². The lowest BCUT2D eigenvalue weighted by Crippen LogP contribution is -2.22. The first-order valence-corrected chi connectivity index (χ1v) is 10.1. The van der Waals surface area contributed by atoms with E-state index >= 15 is 0 Å². The first-order chi connectivity index (χ1) is 13.9. The Kier molecular flexibility index (Phi) is 5.25. The van der Waals surface area contributed by atoms with E-state index in [1.54, 1.807) is 43.3 Å². The monoisotopic (exact) mass is 426 g/mol. The number of hydrogen-bond acceptors (Lipinski definition) is 5. The van der Waals surface area contributed by atoms with Gasteiger partial charge in [0.05, 0.1) is 5.56 Å². The van der Waals surface area contributed by atoms with Crippen molar-refractivity contribution in [2.45, 2.75) is 18.6 Å². The minimum atomic E-state index is -0.699. The van der Waals surface area contributed by atoms with Gasteiger partial charge in [-0.2, -0.15) is 0 Å². The summed E-state index contributed by atoms with van der Waals surface area (Å²) in [6, 6.07) is 14.0. The summed E-state index contributed by atoms with van der Waals surface area (Å²) in [4.78, 5) is 41.0. The smallest absolute Gasteiger partial charge is 0.346 e. The van der Waals surface area contributed by atoms with Gasteiger partial charge in [-0.3, -0.25) is 9.59 Å². The molecule has 1 aliphatic rings. The third-order valence-corrected chi connectivity index (χ3v) is 6.12. The van der Waals surface area contributed by atoms with E-state index in [0.29, 0.717) is 16.3 Å². The predicted molar refractivity (Wildman–Crippen MR) is 115 cm³/mol. The zero-order valence-electron chi connectivity index (χ0n) is 15.3. The molecule has 0 fully saturated rings. The Hall–Kier alpha value is -2.90. The SMILES string of the molecule is Cc1c(Cl)cccc1NC(=O)CC1SC(c2cc3ccccc3oc2=O)=NC1=O. The van der Waals surface area contributed by atoms with Gasteiger partial charge in [0.1, 0.15) is 15.9 Å². The van der Waals surface area contributed by atoms with Crippen molar-refractivity contribution in [2.75, 3.05) is 5.32 Å². The summed E-state index contributed by atoms with van der Waals surface area (Å²) in [5.41, 5.74) is 1.45. The number of amides is 2. The number of aliphatic imine (C=N–C) groups is 1. The molecule has 0 saturated carbocycles. The average Bonchev–Trinajstić information content (AvgIpc) is 3.05. The second-order valence-corrected chi connectivity index (χ2v) is 8.11. The summed E-state index contributed by atoms with van der Waals surface area (Å²) in [5, 5.41) is 3.62. The average molecular weight is 427 g/mol. The number of rotatable bonds is 4. The van der Waals surface area contributed by atoms with E-state index < -0.39 is 16.8 Å². The van der Waals surface area contributed by atoms with Crippen molar-refractivity contribution in [1.82, 2.24) is 0 Å². The molecule has 0 aliphatic carbocycles. The van der Waals surface area contributed by atoms with E-state index in [0.717, 1.165) is 22.7 Å². The summed E-state index contributed by atoms with van der Waals surface area (Å²) >= 11 is 7.16. The van der Waals surface area contributed by atoms with Crippen molar-refractivity contribution in [3.05, 3.63) is 75.1 Å². The van der Waals surface area contributed by atoms with E-state index in [1.807, 2.05) is 12.1 Å². The van der Waals surface area contributed by atoms with Gasteiger partial charge in [-0.25, -0.2) is 9.79 Å². The largest absolute Gasteiger partial charge is 0.422 e. The Morgan fingerprint density at radius 1 is 1.21 bits per heavy atom. The quantitative estimate of drug-likeness (QED) is 0.632. The van der Waals surface area contributed by atoms with Crippen molar-refractivity contribution in [1.29, 1.82) is 0 Å². The van der Waals surface area contributed by atoms with Crippen LogP contribution in [0.25, 0.3) is 11.0 Å². The highest BCUT2D eigenvalue weighted by molar-refractivity contribution is 8.16. The number of carbonyl (C=O) groups is 2. The number of fused-ring (bicyclic) bond motifs is 1. The van der Waals surface area contributed by atoms with Crippen LogP contribution in [0.1, 0.15) is 17.5 Å². The van der Waals surface area contributed by atoms with Crippen molar-refractivity contribution >= 4 is 56.9 Å². The third kappa shape index (κ3) is 3.97. The highest BCUT2D eigenvalue weighted by atomic mass is 35.5. The lowest BCUT2D eigenvalue weighted by molar-refractivity contribution is -0.121. The molecule has 0 saturated heterocycles. The zero-order chi connectivity index (χ0) is 20.5. The van der Waals surface area contributed by atoms with Crippen molar-refractivity contribution in [3.63, 3.8) is 0 Å². The van der Waals surface area contributed by atoms with Crippen LogP contribution in [0.3, 0.4) is 0 Å². The Morgan fingerprint density at radius 2 is 2.00 bits per heavy atom. The molecule has 2 amide bonds. The highest BCUT2D eigenvalue weighted by Gasteiger charge is 2.32. The predicted octanol–water partition coefficient (Wildman–Crippen LogP) is 4.17. The molecule has 1 unspecified atom stereocenters. The van der Waals surface area contributed by atoms with Gasteiger partial charge < -0.3 is 9.73 Å². The number of thioether (sulfide) groups is 1. The van der Waals surface area contributed by atoms with Gasteiger partial charge in [-0.15, -0.1) is 0 Å². The molecular formula is C21H15ClN2O4S. The van der Waals surface area contributed by atoms with Crippen molar-refractivity contribution in [3.8, 4) is 0 Å². The Bertz CT molecular complexity index is 1230. The van der Waals surface area contributed by atoms with Gasteiger partial charge in [0.25, 0.3) is 5.91 Å². The molecule has 3 aromatic rings. The van der Waals surface area contributed by atoms with Crippen LogP contribution in [0.4, 0.5) is 5.69 Å². The van der Waals surface area contributed by atoms with E-state index in [4.69, 9.17) is 16.0 Å². The fraction of sp³-hybridized carbons (Fsp3) is 0.143. The van der Waals surface area contributed by atoms with Gasteiger partial charge in [0.2, 0.25) is 5.91 Å². The molecule has 1 aliphatic heterocycles.